The predicted molar refractivity (Wildman–Crippen MR) is 89.0 cm³/mol. The quantitative estimate of drug-likeness (QED) is 0.510. The van der Waals surface area contributed by atoms with Crippen molar-refractivity contribution in [3.8, 4) is 11.1 Å². The van der Waals surface area contributed by atoms with Crippen LogP contribution in [0.15, 0.2) is 48.5 Å². The molecule has 0 N–H and O–H groups in total. The summed E-state index contributed by atoms with van der Waals surface area (Å²) in [6.45, 7) is 1.94. The largest absolute Gasteiger partial charge is 2.00 e. The van der Waals surface area contributed by atoms with Gasteiger partial charge in [0.05, 0.1) is 10.0 Å². The fourth-order valence-electron chi connectivity index (χ4n) is 1.34. The molecular weight excluding hydrogens is 534 g/mol. The van der Waals surface area contributed by atoms with Crippen molar-refractivity contribution in [1.82, 2.24) is 0 Å². The molecule has 120 valence electrons. The zero-order valence-electron chi connectivity index (χ0n) is 12.5. The van der Waals surface area contributed by atoms with E-state index in [1.807, 2.05) is 42.5 Å². The standard InChI is InChI=1S/C12H8Cl2.2C2H4O2.Pb/c13-11-8-4-7-10(12(11)14)9-5-2-1-3-6-9;2*1-2(3)4;/h1-8H;2*1H3,(H,3,4);/q;;;+2/p-2. The molecule has 0 aliphatic carbocycles. The van der Waals surface area contributed by atoms with Gasteiger partial charge in [-0.2, -0.15) is 0 Å². The molecule has 0 saturated carbocycles. The van der Waals surface area contributed by atoms with E-state index in [-0.39, 0.29) is 27.3 Å². The Kier molecular flexibility index (Phi) is 14.0. The number of aliphatic carboxylic acids is 2. The number of rotatable bonds is 1. The second-order valence-electron chi connectivity index (χ2n) is 3.95. The molecular formula is C16H14Cl2O4Pb. The van der Waals surface area contributed by atoms with Gasteiger partial charge in [0.2, 0.25) is 0 Å². The number of carbonyl (C=O) groups is 2. The summed E-state index contributed by atoms with van der Waals surface area (Å²) in [6, 6.07) is 15.6. The van der Waals surface area contributed by atoms with Crippen molar-refractivity contribution in [3.05, 3.63) is 58.6 Å². The van der Waals surface area contributed by atoms with Crippen molar-refractivity contribution in [2.24, 2.45) is 0 Å². The average Bonchev–Trinajstić information content (AvgIpc) is 2.42. The molecule has 0 atom stereocenters. The fraction of sp³-hybridized carbons (Fsp3) is 0.125. The summed E-state index contributed by atoms with van der Waals surface area (Å²) >= 11 is 12.0. The van der Waals surface area contributed by atoms with E-state index in [9.17, 15) is 0 Å². The maximum absolute atomic E-state index is 8.89. The third-order valence-corrected chi connectivity index (χ3v) is 2.86. The van der Waals surface area contributed by atoms with Crippen LogP contribution in [0.25, 0.3) is 11.1 Å². The first kappa shape index (κ1) is 24.1. The monoisotopic (exact) mass is 548 g/mol. The van der Waals surface area contributed by atoms with E-state index >= 15 is 0 Å². The number of halogens is 2. The average molecular weight is 548 g/mol. The van der Waals surface area contributed by atoms with Gasteiger partial charge in [-0.15, -0.1) is 0 Å². The Morgan fingerprint density at radius 1 is 0.826 bits per heavy atom. The zero-order valence-corrected chi connectivity index (χ0v) is 17.9. The SMILES string of the molecule is CC(=O)[O-].CC(=O)[O-].Clc1cccc(-c2ccccc2)c1Cl.[Pb+2]. The second kappa shape index (κ2) is 13.3. The van der Waals surface area contributed by atoms with E-state index in [2.05, 4.69) is 0 Å². The number of carboxylic acids is 2. The Balaban J connectivity index is 0. The molecule has 0 fully saturated rings. The molecule has 0 aliphatic rings. The number of carbonyl (C=O) groups excluding carboxylic acids is 2. The van der Waals surface area contributed by atoms with Crippen molar-refractivity contribution >= 4 is 62.4 Å². The molecule has 2 aromatic carbocycles. The van der Waals surface area contributed by atoms with E-state index in [4.69, 9.17) is 43.0 Å². The Morgan fingerprint density at radius 2 is 1.26 bits per heavy atom. The van der Waals surface area contributed by atoms with Gasteiger partial charge >= 0.3 is 27.3 Å². The van der Waals surface area contributed by atoms with Crippen molar-refractivity contribution in [3.63, 3.8) is 0 Å². The topological polar surface area (TPSA) is 80.3 Å². The van der Waals surface area contributed by atoms with Crippen LogP contribution in [-0.2, 0) is 9.59 Å². The zero-order chi connectivity index (χ0) is 17.1. The molecule has 0 aliphatic heterocycles. The minimum Gasteiger partial charge on any atom is -0.550 e. The molecule has 4 nitrogen and oxygen atoms in total. The van der Waals surface area contributed by atoms with Gasteiger partial charge in [0.25, 0.3) is 0 Å². The Bertz CT molecular complexity index is 599. The molecule has 0 saturated heterocycles. The van der Waals surface area contributed by atoms with Gasteiger partial charge in [0.15, 0.2) is 0 Å². The van der Waals surface area contributed by atoms with Crippen molar-refractivity contribution < 1.29 is 19.8 Å². The van der Waals surface area contributed by atoms with Crippen molar-refractivity contribution in [2.45, 2.75) is 13.8 Å². The Hall–Kier alpha value is -1.12. The smallest absolute Gasteiger partial charge is 0.550 e. The molecule has 0 spiro atoms. The summed E-state index contributed by atoms with van der Waals surface area (Å²) in [4.78, 5) is 17.8. The first-order chi connectivity index (χ1) is 10.3. The Labute approximate surface area is 165 Å². The third-order valence-electron chi connectivity index (χ3n) is 2.04. The summed E-state index contributed by atoms with van der Waals surface area (Å²) in [5.41, 5.74) is 2.06. The molecule has 2 aromatic rings. The number of hydrogen-bond donors (Lipinski definition) is 0. The fourth-order valence-corrected chi connectivity index (χ4v) is 1.75. The number of benzene rings is 2. The van der Waals surface area contributed by atoms with Gasteiger partial charge in [-0.3, -0.25) is 0 Å². The maximum atomic E-state index is 8.89. The van der Waals surface area contributed by atoms with Gasteiger partial charge in [-0.25, -0.2) is 0 Å². The molecule has 0 amide bonds. The molecule has 2 rings (SSSR count). The summed E-state index contributed by atoms with van der Waals surface area (Å²) in [7, 11) is 0. The summed E-state index contributed by atoms with van der Waals surface area (Å²) in [5, 5.41) is 19.0. The van der Waals surface area contributed by atoms with Gasteiger partial charge in [-0.1, -0.05) is 65.7 Å². The summed E-state index contributed by atoms with van der Waals surface area (Å²) in [5.74, 6) is -2.17. The van der Waals surface area contributed by atoms with E-state index in [1.165, 1.54) is 0 Å². The molecule has 0 unspecified atom stereocenters. The van der Waals surface area contributed by atoms with Crippen molar-refractivity contribution in [1.29, 1.82) is 0 Å². The molecule has 23 heavy (non-hydrogen) atoms. The number of hydrogen-bond acceptors (Lipinski definition) is 4. The van der Waals surface area contributed by atoms with Crippen LogP contribution in [0.4, 0.5) is 0 Å². The van der Waals surface area contributed by atoms with Crippen LogP contribution in [0.2, 0.25) is 10.0 Å². The van der Waals surface area contributed by atoms with Crippen LogP contribution in [0.1, 0.15) is 13.8 Å². The maximum Gasteiger partial charge on any atom is 2.00 e. The van der Waals surface area contributed by atoms with Gasteiger partial charge in [-0.05, 0) is 25.5 Å². The third kappa shape index (κ3) is 12.0. The summed E-state index contributed by atoms with van der Waals surface area (Å²) < 4.78 is 0. The predicted octanol–water partition coefficient (Wildman–Crippen LogP) is 1.79. The van der Waals surface area contributed by atoms with E-state index < -0.39 is 11.9 Å². The van der Waals surface area contributed by atoms with Crippen LogP contribution >= 0.6 is 23.2 Å². The first-order valence-corrected chi connectivity index (χ1v) is 6.86. The molecule has 7 heteroatoms. The number of carboxylic acid groups (broad SMARTS) is 2. The first-order valence-electron chi connectivity index (χ1n) is 6.10. The van der Waals surface area contributed by atoms with Crippen molar-refractivity contribution in [2.75, 3.05) is 0 Å². The molecule has 0 aromatic heterocycles. The molecule has 0 heterocycles. The van der Waals surface area contributed by atoms with Crippen LogP contribution in [0, 0.1) is 0 Å². The van der Waals surface area contributed by atoms with E-state index in [0.717, 1.165) is 25.0 Å². The van der Waals surface area contributed by atoms with Crippen LogP contribution in [0.5, 0.6) is 0 Å². The van der Waals surface area contributed by atoms with Gasteiger partial charge < -0.3 is 19.8 Å². The van der Waals surface area contributed by atoms with Gasteiger partial charge in [0, 0.05) is 17.5 Å². The molecule has 0 bridgehead atoms. The second-order valence-corrected chi connectivity index (χ2v) is 4.74. The molecule has 2 radical (unpaired) electrons. The van der Waals surface area contributed by atoms with Crippen LogP contribution in [0.3, 0.4) is 0 Å². The van der Waals surface area contributed by atoms with Crippen LogP contribution in [-0.4, -0.2) is 39.2 Å². The minimum atomic E-state index is -1.08. The summed E-state index contributed by atoms with van der Waals surface area (Å²) in [6.07, 6.45) is 0. The van der Waals surface area contributed by atoms with E-state index in [1.54, 1.807) is 6.07 Å². The minimum absolute atomic E-state index is 0. The Morgan fingerprint density at radius 3 is 1.70 bits per heavy atom. The normalized spacial score (nSPS) is 8.35. The van der Waals surface area contributed by atoms with Gasteiger partial charge in [0.1, 0.15) is 0 Å². The van der Waals surface area contributed by atoms with E-state index in [0.29, 0.717) is 10.0 Å². The van der Waals surface area contributed by atoms with Crippen LogP contribution < -0.4 is 10.2 Å².